The van der Waals surface area contributed by atoms with Crippen LogP contribution in [0.2, 0.25) is 5.02 Å². The first-order valence-electron chi connectivity index (χ1n) is 7.14. The Hall–Kier alpha value is -1.87. The molecule has 0 bridgehead atoms. The molecule has 0 saturated carbocycles. The molecule has 1 fully saturated rings. The molecule has 2 aromatic rings. The largest absolute Gasteiger partial charge is 0.334 e. The number of aromatic nitrogens is 1. The highest BCUT2D eigenvalue weighted by Crippen LogP contribution is 2.33. The van der Waals surface area contributed by atoms with E-state index in [9.17, 15) is 4.79 Å². The second-order valence-electron chi connectivity index (χ2n) is 5.41. The van der Waals surface area contributed by atoms with Gasteiger partial charge in [-0.15, -0.1) is 0 Å². The van der Waals surface area contributed by atoms with E-state index in [2.05, 4.69) is 24.0 Å². The number of carbonyl (C=O) groups is 1. The van der Waals surface area contributed by atoms with Crippen LogP contribution < -0.4 is 0 Å². The zero-order valence-electron chi connectivity index (χ0n) is 11.9. The Morgan fingerprint density at radius 2 is 2.00 bits per heavy atom. The molecule has 0 aliphatic carbocycles. The molecule has 1 aromatic heterocycles. The van der Waals surface area contributed by atoms with Gasteiger partial charge in [-0.1, -0.05) is 41.9 Å². The monoisotopic (exact) mass is 300 g/mol. The minimum atomic E-state index is -0.0161. The van der Waals surface area contributed by atoms with Gasteiger partial charge in [0.05, 0.1) is 5.02 Å². The van der Waals surface area contributed by atoms with Crippen LogP contribution in [0.5, 0.6) is 0 Å². The van der Waals surface area contributed by atoms with Gasteiger partial charge in [0, 0.05) is 24.7 Å². The van der Waals surface area contributed by atoms with Gasteiger partial charge >= 0.3 is 0 Å². The van der Waals surface area contributed by atoms with Crippen LogP contribution in [-0.2, 0) is 0 Å². The highest BCUT2D eigenvalue weighted by atomic mass is 35.5. The molecule has 0 N–H and O–H groups in total. The van der Waals surface area contributed by atoms with Gasteiger partial charge in [-0.25, -0.2) is 4.98 Å². The second kappa shape index (κ2) is 5.86. The molecule has 1 aliphatic heterocycles. The summed E-state index contributed by atoms with van der Waals surface area (Å²) in [7, 11) is 0. The molecule has 1 amide bonds. The van der Waals surface area contributed by atoms with E-state index >= 15 is 0 Å². The van der Waals surface area contributed by atoms with Crippen LogP contribution >= 0.6 is 11.6 Å². The summed E-state index contributed by atoms with van der Waals surface area (Å²) in [4.78, 5) is 18.6. The average molecular weight is 301 g/mol. The van der Waals surface area contributed by atoms with Gasteiger partial charge in [-0.2, -0.15) is 0 Å². The predicted molar refractivity (Wildman–Crippen MR) is 83.5 cm³/mol. The number of nitrogens with zero attached hydrogens (tertiary/aromatic N) is 2. The highest BCUT2D eigenvalue weighted by Gasteiger charge is 2.35. The average Bonchev–Trinajstić information content (AvgIpc) is 2.90. The number of benzene rings is 1. The van der Waals surface area contributed by atoms with Crippen molar-refractivity contribution >= 4 is 17.5 Å². The standard InChI is InChI=1S/C17H17ClN2O/c1-12-15(13-5-3-2-4-6-13)9-10-20(12)17(21)16-8-7-14(18)11-19-16/h2-8,11-12,15H,9-10H2,1H3/t12-,15-/m1/s1. The van der Waals surface area contributed by atoms with Crippen molar-refractivity contribution in [3.63, 3.8) is 0 Å². The first-order chi connectivity index (χ1) is 10.2. The van der Waals surface area contributed by atoms with E-state index in [0.717, 1.165) is 13.0 Å². The summed E-state index contributed by atoms with van der Waals surface area (Å²) in [5, 5.41) is 0.545. The lowest BCUT2D eigenvalue weighted by molar-refractivity contribution is 0.0736. The summed E-state index contributed by atoms with van der Waals surface area (Å²) in [5.41, 5.74) is 1.75. The molecule has 108 valence electrons. The van der Waals surface area contributed by atoms with Crippen molar-refractivity contribution in [1.29, 1.82) is 0 Å². The van der Waals surface area contributed by atoms with Gasteiger partial charge in [-0.3, -0.25) is 4.79 Å². The fourth-order valence-corrected chi connectivity index (χ4v) is 3.13. The topological polar surface area (TPSA) is 33.2 Å². The van der Waals surface area contributed by atoms with Crippen LogP contribution in [0.25, 0.3) is 0 Å². The summed E-state index contributed by atoms with van der Waals surface area (Å²) in [6.07, 6.45) is 2.51. The van der Waals surface area contributed by atoms with E-state index in [-0.39, 0.29) is 11.9 Å². The molecule has 3 rings (SSSR count). The van der Waals surface area contributed by atoms with E-state index in [4.69, 9.17) is 11.6 Å². The second-order valence-corrected chi connectivity index (χ2v) is 5.84. The summed E-state index contributed by atoms with van der Waals surface area (Å²) < 4.78 is 0. The predicted octanol–water partition coefficient (Wildman–Crippen LogP) is 3.75. The highest BCUT2D eigenvalue weighted by molar-refractivity contribution is 6.30. The summed E-state index contributed by atoms with van der Waals surface area (Å²) in [6.45, 7) is 2.88. The number of hydrogen-bond donors (Lipinski definition) is 0. The van der Waals surface area contributed by atoms with Crippen LogP contribution in [0.1, 0.15) is 35.3 Å². The SMILES string of the molecule is C[C@@H]1[C@H](c2ccccc2)CCN1C(=O)c1ccc(Cl)cn1. The number of halogens is 1. The molecular formula is C17H17ClN2O. The zero-order chi connectivity index (χ0) is 14.8. The number of carbonyl (C=O) groups excluding carboxylic acids is 1. The first kappa shape index (κ1) is 14.1. The van der Waals surface area contributed by atoms with Gasteiger partial charge in [-0.05, 0) is 31.0 Å². The van der Waals surface area contributed by atoms with Gasteiger partial charge in [0.15, 0.2) is 0 Å². The molecule has 2 heterocycles. The molecule has 0 spiro atoms. The number of hydrogen-bond acceptors (Lipinski definition) is 2. The normalized spacial score (nSPS) is 21.5. The molecule has 1 aliphatic rings. The van der Waals surface area contributed by atoms with Crippen molar-refractivity contribution in [2.45, 2.75) is 25.3 Å². The van der Waals surface area contributed by atoms with Crippen molar-refractivity contribution in [3.05, 3.63) is 64.9 Å². The zero-order valence-corrected chi connectivity index (χ0v) is 12.6. The van der Waals surface area contributed by atoms with Crippen molar-refractivity contribution in [2.75, 3.05) is 6.54 Å². The number of likely N-dealkylation sites (tertiary alicyclic amines) is 1. The summed E-state index contributed by atoms with van der Waals surface area (Å²) >= 11 is 5.82. The molecule has 1 saturated heterocycles. The Labute approximate surface area is 129 Å². The van der Waals surface area contributed by atoms with E-state index in [0.29, 0.717) is 16.6 Å². The van der Waals surface area contributed by atoms with Crippen LogP contribution in [0.3, 0.4) is 0 Å². The van der Waals surface area contributed by atoms with Gasteiger partial charge in [0.2, 0.25) is 0 Å². The molecule has 3 nitrogen and oxygen atoms in total. The fraction of sp³-hybridized carbons (Fsp3) is 0.294. The van der Waals surface area contributed by atoms with Crippen molar-refractivity contribution in [1.82, 2.24) is 9.88 Å². The van der Waals surface area contributed by atoms with Crippen LogP contribution in [0, 0.1) is 0 Å². The minimum absolute atomic E-state index is 0.0161. The van der Waals surface area contributed by atoms with E-state index < -0.39 is 0 Å². The lowest BCUT2D eigenvalue weighted by Crippen LogP contribution is -2.35. The third-order valence-electron chi connectivity index (χ3n) is 4.19. The maximum absolute atomic E-state index is 12.6. The van der Waals surface area contributed by atoms with Gasteiger partial charge in [0.1, 0.15) is 5.69 Å². The first-order valence-corrected chi connectivity index (χ1v) is 7.52. The lowest BCUT2D eigenvalue weighted by atomic mass is 9.93. The molecule has 4 heteroatoms. The third kappa shape index (κ3) is 2.79. The molecule has 0 radical (unpaired) electrons. The smallest absolute Gasteiger partial charge is 0.272 e. The molecule has 21 heavy (non-hydrogen) atoms. The van der Waals surface area contributed by atoms with Gasteiger partial charge in [0.25, 0.3) is 5.91 Å². The van der Waals surface area contributed by atoms with E-state index in [1.807, 2.05) is 23.1 Å². The maximum atomic E-state index is 12.6. The van der Waals surface area contributed by atoms with E-state index in [1.165, 1.54) is 11.8 Å². The number of amides is 1. The van der Waals surface area contributed by atoms with Crippen LogP contribution in [0.15, 0.2) is 48.7 Å². The molecular weight excluding hydrogens is 284 g/mol. The quantitative estimate of drug-likeness (QED) is 0.846. The Balaban J connectivity index is 1.79. The minimum Gasteiger partial charge on any atom is -0.334 e. The van der Waals surface area contributed by atoms with Crippen LogP contribution in [-0.4, -0.2) is 28.4 Å². The molecule has 0 unspecified atom stereocenters. The van der Waals surface area contributed by atoms with Crippen LogP contribution in [0.4, 0.5) is 0 Å². The molecule has 2 atom stereocenters. The third-order valence-corrected chi connectivity index (χ3v) is 4.41. The van der Waals surface area contributed by atoms with Gasteiger partial charge < -0.3 is 4.90 Å². The van der Waals surface area contributed by atoms with Crippen molar-refractivity contribution in [2.24, 2.45) is 0 Å². The summed E-state index contributed by atoms with van der Waals surface area (Å²) in [6, 6.07) is 14.0. The lowest BCUT2D eigenvalue weighted by Gasteiger charge is -2.24. The Morgan fingerprint density at radius 1 is 1.24 bits per heavy atom. The Morgan fingerprint density at radius 3 is 2.67 bits per heavy atom. The fourth-order valence-electron chi connectivity index (χ4n) is 3.02. The van der Waals surface area contributed by atoms with Crippen molar-refractivity contribution < 1.29 is 4.79 Å². The summed E-state index contributed by atoms with van der Waals surface area (Å²) in [5.74, 6) is 0.375. The van der Waals surface area contributed by atoms with Crippen molar-refractivity contribution in [3.8, 4) is 0 Å². The number of pyridine rings is 1. The Kier molecular flexibility index (Phi) is 3.93. The number of rotatable bonds is 2. The molecule has 1 aromatic carbocycles. The Bertz CT molecular complexity index is 627. The van der Waals surface area contributed by atoms with E-state index in [1.54, 1.807) is 12.1 Å². The maximum Gasteiger partial charge on any atom is 0.272 e.